The molecule has 0 bridgehead atoms. The molecule has 28 valence electrons. The van der Waals surface area contributed by atoms with Crippen molar-refractivity contribution >= 4 is 23.9 Å². The van der Waals surface area contributed by atoms with E-state index in [-0.39, 0.29) is 143 Å². The minimum absolute atomic E-state index is 0. The van der Waals surface area contributed by atoms with Gasteiger partial charge in [0.05, 0.1) is 0 Å². The van der Waals surface area contributed by atoms with Gasteiger partial charge in [-0.15, -0.1) is 0 Å². The fourth-order valence-corrected chi connectivity index (χ4v) is 0. The summed E-state index contributed by atoms with van der Waals surface area (Å²) in [7, 11) is 0. The summed E-state index contributed by atoms with van der Waals surface area (Å²) in [4.78, 5) is 0. The molecular formula is H4K2O3Sn. The largest absolute Gasteiger partial charge is 1.00 e. The van der Waals surface area contributed by atoms with Crippen LogP contribution in [0.15, 0.2) is 0 Å². The van der Waals surface area contributed by atoms with E-state index in [0.29, 0.717) is 0 Å². The van der Waals surface area contributed by atoms with Crippen molar-refractivity contribution in [2.75, 3.05) is 0 Å². The van der Waals surface area contributed by atoms with Crippen LogP contribution in [0.3, 0.4) is 0 Å². The smallest absolute Gasteiger partial charge is 0.870 e. The van der Waals surface area contributed by atoms with E-state index in [4.69, 9.17) is 0 Å². The molecule has 4 radical (unpaired) electrons. The van der Waals surface area contributed by atoms with E-state index in [9.17, 15) is 0 Å². The first-order chi connectivity index (χ1) is 0. The van der Waals surface area contributed by atoms with Gasteiger partial charge in [-0.1, -0.05) is 0 Å². The van der Waals surface area contributed by atoms with E-state index in [0.717, 1.165) is 0 Å². The molecule has 6 heteroatoms. The summed E-state index contributed by atoms with van der Waals surface area (Å²) in [6.07, 6.45) is 0. The van der Waals surface area contributed by atoms with Gasteiger partial charge in [-0.2, -0.15) is 0 Å². The third-order valence-electron chi connectivity index (χ3n) is 0. The van der Waals surface area contributed by atoms with Crippen LogP contribution in [0, 0.1) is 0 Å². The van der Waals surface area contributed by atoms with Crippen molar-refractivity contribution in [1.29, 1.82) is 0 Å². The van der Waals surface area contributed by atoms with Gasteiger partial charge in [-0.25, -0.2) is 0 Å². The van der Waals surface area contributed by atoms with Gasteiger partial charge in [-0.05, 0) is 0 Å². The topological polar surface area (TPSA) is 91.5 Å². The Morgan fingerprint density at radius 3 is 0.667 bits per heavy atom. The van der Waals surface area contributed by atoms with E-state index < -0.39 is 0 Å². The molecule has 0 heterocycles. The zero-order valence-corrected chi connectivity index (χ0v) is 13.0. The minimum atomic E-state index is 0. The van der Waals surface area contributed by atoms with E-state index in [1.54, 1.807) is 0 Å². The molecule has 0 amide bonds. The maximum Gasteiger partial charge on any atom is 1.00 e. The molecule has 0 aromatic carbocycles. The molecule has 0 atom stereocenters. The van der Waals surface area contributed by atoms with E-state index >= 15 is 0 Å². The van der Waals surface area contributed by atoms with Crippen LogP contribution in [0.1, 0.15) is 0 Å². The predicted octanol–water partition coefficient (Wildman–Crippen LogP) is -7.55. The molecule has 0 aromatic rings. The molecule has 6 heavy (non-hydrogen) atoms. The Morgan fingerprint density at radius 1 is 0.667 bits per heavy atom. The standard InChI is InChI=1S/2K.3H2O.Sn/h;;3*1H2;/q2*+1;;;;/p-2. The van der Waals surface area contributed by atoms with Gasteiger partial charge >= 0.3 is 103 Å². The monoisotopic (exact) mass is 250 g/mol. The molecule has 0 spiro atoms. The first-order valence-corrected chi connectivity index (χ1v) is 0. The second-order valence-electron chi connectivity index (χ2n) is 0. The maximum atomic E-state index is 0. The third-order valence-corrected chi connectivity index (χ3v) is 0. The summed E-state index contributed by atoms with van der Waals surface area (Å²) in [5.41, 5.74) is 0. The van der Waals surface area contributed by atoms with Crippen LogP contribution in [0.4, 0.5) is 0 Å². The zero-order chi connectivity index (χ0) is 0. The van der Waals surface area contributed by atoms with Gasteiger partial charge in [-0.3, -0.25) is 0 Å². The molecule has 0 aliphatic carbocycles. The number of hydrogen-bond acceptors (Lipinski definition) is 2. The van der Waals surface area contributed by atoms with Gasteiger partial charge in [0, 0.05) is 23.9 Å². The first kappa shape index (κ1) is 51.1. The minimum Gasteiger partial charge on any atom is -0.870 e. The zero-order valence-electron chi connectivity index (χ0n) is 3.89. The van der Waals surface area contributed by atoms with E-state index in [1.165, 1.54) is 0 Å². The molecule has 4 N–H and O–H groups in total. The van der Waals surface area contributed by atoms with Crippen LogP contribution in [0.25, 0.3) is 0 Å². The molecule has 3 nitrogen and oxygen atoms in total. The summed E-state index contributed by atoms with van der Waals surface area (Å²) in [6.45, 7) is 0. The summed E-state index contributed by atoms with van der Waals surface area (Å²) >= 11 is 0. The fourth-order valence-electron chi connectivity index (χ4n) is 0. The molecule has 0 aliphatic heterocycles. The second-order valence-corrected chi connectivity index (χ2v) is 0. The van der Waals surface area contributed by atoms with Crippen molar-refractivity contribution in [1.82, 2.24) is 0 Å². The van der Waals surface area contributed by atoms with Gasteiger partial charge in [0.2, 0.25) is 0 Å². The molecule has 0 unspecified atom stereocenters. The van der Waals surface area contributed by atoms with Crippen LogP contribution in [0.5, 0.6) is 0 Å². The average molecular weight is 249 g/mol. The van der Waals surface area contributed by atoms with Gasteiger partial charge in [0.1, 0.15) is 0 Å². The molecule has 0 saturated heterocycles. The van der Waals surface area contributed by atoms with Crippen LogP contribution in [0.2, 0.25) is 0 Å². The Bertz CT molecular complexity index is 8.75. The summed E-state index contributed by atoms with van der Waals surface area (Å²) < 4.78 is 0. The van der Waals surface area contributed by atoms with Crippen LogP contribution < -0.4 is 103 Å². The Labute approximate surface area is 139 Å². The Morgan fingerprint density at radius 2 is 0.667 bits per heavy atom. The fraction of sp³-hybridized carbons (Fsp3) is 0. The molecular weight excluding hydrogens is 245 g/mol. The van der Waals surface area contributed by atoms with Crippen LogP contribution in [-0.2, 0) is 0 Å². The third kappa shape index (κ3) is 24.6. The van der Waals surface area contributed by atoms with Crippen molar-refractivity contribution < 1.29 is 119 Å². The Balaban J connectivity index is 0. The first-order valence-electron chi connectivity index (χ1n) is 0. The van der Waals surface area contributed by atoms with Crippen LogP contribution in [-0.4, -0.2) is 40.3 Å². The quantitative estimate of drug-likeness (QED) is 0.399. The van der Waals surface area contributed by atoms with Crippen molar-refractivity contribution in [3.63, 3.8) is 0 Å². The van der Waals surface area contributed by atoms with E-state index in [2.05, 4.69) is 0 Å². The average Bonchev–Trinajstić information content (AvgIpc) is 0. The number of rotatable bonds is 0. The van der Waals surface area contributed by atoms with Crippen molar-refractivity contribution in [3.8, 4) is 0 Å². The Kier molecular flexibility index (Phi) is 309. The van der Waals surface area contributed by atoms with Crippen molar-refractivity contribution in [2.24, 2.45) is 0 Å². The predicted molar refractivity (Wildman–Crippen MR) is 13.2 cm³/mol. The summed E-state index contributed by atoms with van der Waals surface area (Å²) in [5, 5.41) is 0. The molecule has 0 aromatic heterocycles. The van der Waals surface area contributed by atoms with Crippen molar-refractivity contribution in [3.05, 3.63) is 0 Å². The summed E-state index contributed by atoms with van der Waals surface area (Å²) in [5.74, 6) is 0. The van der Waals surface area contributed by atoms with Gasteiger partial charge < -0.3 is 16.4 Å². The van der Waals surface area contributed by atoms with E-state index in [1.807, 2.05) is 0 Å². The van der Waals surface area contributed by atoms with Gasteiger partial charge in [0.25, 0.3) is 0 Å². The number of hydrogen-bond donors (Lipinski definition) is 0. The van der Waals surface area contributed by atoms with Crippen molar-refractivity contribution in [2.45, 2.75) is 0 Å². The molecule has 0 rings (SSSR count). The SMILES string of the molecule is O.[K+].[K+].[OH-].[OH-].[Sn]. The Hall–Kier alpha value is 3.95. The molecule has 0 aliphatic rings. The van der Waals surface area contributed by atoms with Crippen LogP contribution >= 0.6 is 0 Å². The molecule has 0 saturated carbocycles. The van der Waals surface area contributed by atoms with Gasteiger partial charge in [0.15, 0.2) is 0 Å². The molecule has 0 fully saturated rings. The maximum absolute atomic E-state index is 0. The summed E-state index contributed by atoms with van der Waals surface area (Å²) in [6, 6.07) is 0. The second kappa shape index (κ2) is 36.2. The normalized spacial score (nSPS) is 0.